The Hall–Kier alpha value is -0.290. The van der Waals surface area contributed by atoms with E-state index in [2.05, 4.69) is 5.32 Å². The van der Waals surface area contributed by atoms with Gasteiger partial charge in [-0.2, -0.15) is 0 Å². The molecule has 19 heavy (non-hydrogen) atoms. The summed E-state index contributed by atoms with van der Waals surface area (Å²) in [5, 5.41) is 3.08. The molecule has 1 saturated carbocycles. The second-order valence-corrected chi connectivity index (χ2v) is 6.78. The predicted molar refractivity (Wildman–Crippen MR) is 83.1 cm³/mol. The third kappa shape index (κ3) is 3.63. The summed E-state index contributed by atoms with van der Waals surface area (Å²) in [5.74, 6) is 0.0968. The quantitative estimate of drug-likeness (QED) is 0.891. The Bertz CT molecular complexity index is 430. The Labute approximate surface area is 129 Å². The zero-order valence-corrected chi connectivity index (χ0v) is 13.3. The maximum Gasteiger partial charge on any atom is 0.227 e. The van der Waals surface area contributed by atoms with E-state index in [0.717, 1.165) is 34.9 Å². The summed E-state index contributed by atoms with van der Waals surface area (Å²) >= 11 is 7.41. The molecule has 1 unspecified atom stereocenters. The number of hydrogen-bond donors (Lipinski definition) is 2. The molecule has 1 aromatic rings. The monoisotopic (exact) mass is 322 g/mol. The van der Waals surface area contributed by atoms with Crippen molar-refractivity contribution in [3.63, 3.8) is 0 Å². The van der Waals surface area contributed by atoms with E-state index in [0.29, 0.717) is 6.54 Å². The van der Waals surface area contributed by atoms with Gasteiger partial charge in [0.2, 0.25) is 5.91 Å². The van der Waals surface area contributed by atoms with Crippen molar-refractivity contribution in [3.05, 3.63) is 21.3 Å². The van der Waals surface area contributed by atoms with Gasteiger partial charge in [0.1, 0.15) is 0 Å². The average Bonchev–Trinajstić information content (AvgIpc) is 2.97. The van der Waals surface area contributed by atoms with Gasteiger partial charge in [0.05, 0.1) is 15.8 Å². The molecular formula is C13H20Cl2N2OS. The minimum atomic E-state index is -0.338. The lowest BCUT2D eigenvalue weighted by Gasteiger charge is -2.27. The minimum absolute atomic E-state index is 0. The summed E-state index contributed by atoms with van der Waals surface area (Å²) < 4.78 is 0.750. The number of nitrogens with two attached hydrogens (primary N) is 1. The molecule has 1 amide bonds. The molecule has 1 aliphatic carbocycles. The largest absolute Gasteiger partial charge is 0.348 e. The summed E-state index contributed by atoms with van der Waals surface area (Å²) in [6, 6.07) is 3.82. The van der Waals surface area contributed by atoms with Crippen molar-refractivity contribution in [1.82, 2.24) is 5.32 Å². The van der Waals surface area contributed by atoms with Crippen molar-refractivity contribution in [2.45, 2.75) is 38.6 Å². The number of hydrogen-bond acceptors (Lipinski definition) is 3. The summed E-state index contributed by atoms with van der Waals surface area (Å²) in [6.07, 6.45) is 4.02. The SMILES string of the molecule is CC(NC(=O)C1(CN)CCCC1)c1ccc(Cl)s1.Cl. The predicted octanol–water partition coefficient (Wildman–Crippen LogP) is 3.52. The van der Waals surface area contributed by atoms with Gasteiger partial charge in [-0.1, -0.05) is 24.4 Å². The molecule has 2 rings (SSSR count). The highest BCUT2D eigenvalue weighted by Gasteiger charge is 2.40. The fourth-order valence-corrected chi connectivity index (χ4v) is 3.62. The molecule has 0 bridgehead atoms. The van der Waals surface area contributed by atoms with Crippen molar-refractivity contribution < 1.29 is 4.79 Å². The summed E-state index contributed by atoms with van der Waals surface area (Å²) in [5.41, 5.74) is 5.47. The van der Waals surface area contributed by atoms with Crippen LogP contribution in [0.2, 0.25) is 4.34 Å². The molecular weight excluding hydrogens is 303 g/mol. The second-order valence-electron chi connectivity index (χ2n) is 5.03. The smallest absolute Gasteiger partial charge is 0.227 e. The third-order valence-corrected chi connectivity index (χ3v) is 5.22. The van der Waals surface area contributed by atoms with Gasteiger partial charge in [-0.25, -0.2) is 0 Å². The van der Waals surface area contributed by atoms with Crippen molar-refractivity contribution in [2.24, 2.45) is 11.1 Å². The maximum absolute atomic E-state index is 12.4. The van der Waals surface area contributed by atoms with Gasteiger partial charge >= 0.3 is 0 Å². The van der Waals surface area contributed by atoms with E-state index in [1.165, 1.54) is 11.3 Å². The van der Waals surface area contributed by atoms with Crippen LogP contribution in [0.3, 0.4) is 0 Å². The number of rotatable bonds is 4. The van der Waals surface area contributed by atoms with E-state index < -0.39 is 0 Å². The van der Waals surface area contributed by atoms with Crippen LogP contribution in [0.1, 0.15) is 43.5 Å². The third-order valence-electron chi connectivity index (χ3n) is 3.80. The lowest BCUT2D eigenvalue weighted by atomic mass is 9.85. The lowest BCUT2D eigenvalue weighted by Crippen LogP contribution is -2.44. The molecule has 0 spiro atoms. The van der Waals surface area contributed by atoms with Crippen LogP contribution >= 0.6 is 35.3 Å². The number of amides is 1. The zero-order chi connectivity index (χ0) is 13.2. The van der Waals surface area contributed by atoms with Crippen LogP contribution in [0.5, 0.6) is 0 Å². The molecule has 1 aromatic heterocycles. The summed E-state index contributed by atoms with van der Waals surface area (Å²) in [4.78, 5) is 13.5. The van der Waals surface area contributed by atoms with Crippen molar-refractivity contribution in [2.75, 3.05) is 6.54 Å². The van der Waals surface area contributed by atoms with Crippen molar-refractivity contribution in [1.29, 1.82) is 0 Å². The minimum Gasteiger partial charge on any atom is -0.348 e. The first-order chi connectivity index (χ1) is 8.57. The highest BCUT2D eigenvalue weighted by molar-refractivity contribution is 7.16. The Morgan fingerprint density at radius 3 is 2.63 bits per heavy atom. The van der Waals surface area contributed by atoms with E-state index >= 15 is 0 Å². The molecule has 0 radical (unpaired) electrons. The number of nitrogens with one attached hydrogen (secondary N) is 1. The summed E-state index contributed by atoms with van der Waals surface area (Å²) in [6.45, 7) is 2.43. The molecule has 6 heteroatoms. The van der Waals surface area contributed by atoms with Crippen LogP contribution < -0.4 is 11.1 Å². The molecule has 0 saturated heterocycles. The fraction of sp³-hybridized carbons (Fsp3) is 0.615. The van der Waals surface area contributed by atoms with E-state index in [9.17, 15) is 4.79 Å². The van der Waals surface area contributed by atoms with Crippen LogP contribution in [0.25, 0.3) is 0 Å². The van der Waals surface area contributed by atoms with Crippen LogP contribution in [-0.2, 0) is 4.79 Å². The molecule has 3 N–H and O–H groups in total. The first-order valence-electron chi connectivity index (χ1n) is 6.34. The fourth-order valence-electron chi connectivity index (χ4n) is 2.56. The molecule has 1 aliphatic rings. The van der Waals surface area contributed by atoms with Gasteiger partial charge in [-0.15, -0.1) is 23.7 Å². The molecule has 3 nitrogen and oxygen atoms in total. The van der Waals surface area contributed by atoms with E-state index in [1.54, 1.807) is 0 Å². The summed E-state index contributed by atoms with van der Waals surface area (Å²) in [7, 11) is 0. The Balaban J connectivity index is 0.00000180. The maximum atomic E-state index is 12.4. The highest BCUT2D eigenvalue weighted by atomic mass is 35.5. The van der Waals surface area contributed by atoms with Gasteiger partial charge in [-0.3, -0.25) is 4.79 Å². The van der Waals surface area contributed by atoms with Gasteiger partial charge < -0.3 is 11.1 Å². The Morgan fingerprint density at radius 2 is 2.16 bits per heavy atom. The van der Waals surface area contributed by atoms with Gasteiger partial charge in [-0.05, 0) is 31.9 Å². The van der Waals surface area contributed by atoms with Crippen LogP contribution in [0, 0.1) is 5.41 Å². The van der Waals surface area contributed by atoms with E-state index in [1.807, 2.05) is 19.1 Å². The van der Waals surface area contributed by atoms with E-state index in [-0.39, 0.29) is 29.8 Å². The van der Waals surface area contributed by atoms with Crippen LogP contribution in [0.4, 0.5) is 0 Å². The average molecular weight is 323 g/mol. The zero-order valence-electron chi connectivity index (χ0n) is 10.9. The van der Waals surface area contributed by atoms with Crippen LogP contribution in [0.15, 0.2) is 12.1 Å². The molecule has 0 aromatic carbocycles. The Kier molecular flexibility index (Phi) is 6.12. The first kappa shape index (κ1) is 16.8. The Morgan fingerprint density at radius 1 is 1.53 bits per heavy atom. The van der Waals surface area contributed by atoms with E-state index in [4.69, 9.17) is 17.3 Å². The number of carbonyl (C=O) groups excluding carboxylic acids is 1. The molecule has 1 heterocycles. The van der Waals surface area contributed by atoms with Crippen LogP contribution in [-0.4, -0.2) is 12.5 Å². The van der Waals surface area contributed by atoms with Crippen molar-refractivity contribution in [3.8, 4) is 0 Å². The lowest BCUT2D eigenvalue weighted by molar-refractivity contribution is -0.131. The molecule has 0 aliphatic heterocycles. The standard InChI is InChI=1S/C13H19ClN2OS.ClH/c1-9(10-4-5-11(14)18-10)16-12(17)13(8-15)6-2-3-7-13;/h4-5,9H,2-3,6-8,15H2,1H3,(H,16,17);1H. The molecule has 108 valence electrons. The molecule has 1 fully saturated rings. The van der Waals surface area contributed by atoms with Gasteiger partial charge in [0.25, 0.3) is 0 Å². The highest BCUT2D eigenvalue weighted by Crippen LogP contribution is 2.38. The number of thiophene rings is 1. The number of halogens is 2. The molecule has 1 atom stereocenters. The first-order valence-corrected chi connectivity index (χ1v) is 7.53. The normalized spacial score (nSPS) is 18.7. The number of carbonyl (C=O) groups is 1. The second kappa shape index (κ2) is 6.93. The van der Waals surface area contributed by atoms with Gasteiger partial charge in [0, 0.05) is 11.4 Å². The van der Waals surface area contributed by atoms with Crippen molar-refractivity contribution >= 4 is 41.3 Å². The van der Waals surface area contributed by atoms with Gasteiger partial charge in [0.15, 0.2) is 0 Å². The topological polar surface area (TPSA) is 55.1 Å².